The first-order chi connectivity index (χ1) is 8.76. The summed E-state index contributed by atoms with van der Waals surface area (Å²) in [5, 5.41) is 13.6. The molecule has 0 radical (unpaired) electrons. The largest absolute Gasteiger partial charge is 0.351 e. The second-order valence-electron chi connectivity index (χ2n) is 5.12. The van der Waals surface area contributed by atoms with Crippen molar-refractivity contribution in [1.29, 1.82) is 0 Å². The number of hydrogen-bond donors (Lipinski definition) is 1. The molecule has 0 heterocycles. The number of halogens is 1. The molecule has 0 saturated carbocycles. The maximum atomic E-state index is 11.9. The maximum absolute atomic E-state index is 11.9. The van der Waals surface area contributed by atoms with Gasteiger partial charge in [0.05, 0.1) is 9.40 Å². The van der Waals surface area contributed by atoms with E-state index in [1.54, 1.807) is 6.07 Å². The molecule has 0 unspecified atom stereocenters. The van der Waals surface area contributed by atoms with E-state index in [4.69, 9.17) is 0 Å². The molecule has 1 aromatic carbocycles. The predicted molar refractivity (Wildman–Crippen MR) is 77.2 cm³/mol. The summed E-state index contributed by atoms with van der Waals surface area (Å²) in [5.41, 5.74) is 0.195. The maximum Gasteiger partial charge on any atom is 0.284 e. The molecule has 19 heavy (non-hydrogen) atoms. The molecule has 0 saturated heterocycles. The molecule has 0 aromatic heterocycles. The summed E-state index contributed by atoms with van der Waals surface area (Å²) in [4.78, 5) is 22.2. The molecule has 6 heteroatoms. The summed E-state index contributed by atoms with van der Waals surface area (Å²) in [7, 11) is 0. The monoisotopic (exact) mass is 328 g/mol. The van der Waals surface area contributed by atoms with Crippen LogP contribution < -0.4 is 5.32 Å². The highest BCUT2D eigenvalue weighted by atomic mass is 79.9. The highest BCUT2D eigenvalue weighted by molar-refractivity contribution is 9.10. The number of nitro groups is 1. The summed E-state index contributed by atoms with van der Waals surface area (Å²) in [6.45, 7) is 6.69. The van der Waals surface area contributed by atoms with Crippen LogP contribution in [0.3, 0.4) is 0 Å². The van der Waals surface area contributed by atoms with Gasteiger partial charge in [-0.1, -0.05) is 20.8 Å². The summed E-state index contributed by atoms with van der Waals surface area (Å²) in [5.74, 6) is -0.294. The van der Waals surface area contributed by atoms with E-state index in [9.17, 15) is 14.9 Å². The minimum atomic E-state index is -0.517. The van der Waals surface area contributed by atoms with Gasteiger partial charge < -0.3 is 5.32 Å². The van der Waals surface area contributed by atoms with E-state index in [0.29, 0.717) is 16.6 Å². The number of nitrogens with zero attached hydrogens (tertiary/aromatic N) is 1. The second kappa shape index (κ2) is 6.14. The van der Waals surface area contributed by atoms with Crippen LogP contribution in [0, 0.1) is 15.5 Å². The molecule has 5 nitrogen and oxygen atoms in total. The van der Waals surface area contributed by atoms with Crippen molar-refractivity contribution in [2.45, 2.75) is 27.2 Å². The number of hydrogen-bond acceptors (Lipinski definition) is 3. The minimum absolute atomic E-state index is 0.0109. The Morgan fingerprint density at radius 1 is 1.47 bits per heavy atom. The third kappa shape index (κ3) is 4.31. The SMILES string of the molecule is CCC(C)(C)CNC(=O)c1ccc(Br)c([N+](=O)[O-])c1. The van der Waals surface area contributed by atoms with E-state index in [1.165, 1.54) is 12.1 Å². The number of carbonyl (C=O) groups is 1. The Kier molecular flexibility index (Phi) is 5.05. The van der Waals surface area contributed by atoms with Crippen LogP contribution in [-0.4, -0.2) is 17.4 Å². The fourth-order valence-corrected chi connectivity index (χ4v) is 1.73. The summed E-state index contributed by atoms with van der Waals surface area (Å²) >= 11 is 3.09. The molecule has 0 aliphatic rings. The van der Waals surface area contributed by atoms with E-state index < -0.39 is 4.92 Å². The Morgan fingerprint density at radius 2 is 2.11 bits per heavy atom. The van der Waals surface area contributed by atoms with E-state index in [2.05, 4.69) is 42.0 Å². The Balaban J connectivity index is 2.84. The molecule has 0 aliphatic carbocycles. The van der Waals surface area contributed by atoms with Crippen molar-refractivity contribution in [1.82, 2.24) is 5.32 Å². The topological polar surface area (TPSA) is 72.2 Å². The van der Waals surface area contributed by atoms with Crippen molar-refractivity contribution in [3.05, 3.63) is 38.3 Å². The van der Waals surface area contributed by atoms with E-state index >= 15 is 0 Å². The van der Waals surface area contributed by atoms with Gasteiger partial charge >= 0.3 is 0 Å². The molecule has 0 fully saturated rings. The van der Waals surface area contributed by atoms with Gasteiger partial charge in [-0.05, 0) is 39.9 Å². The molecule has 0 bridgehead atoms. The van der Waals surface area contributed by atoms with E-state index in [-0.39, 0.29) is 17.0 Å². The van der Waals surface area contributed by atoms with Gasteiger partial charge in [0.25, 0.3) is 11.6 Å². The van der Waals surface area contributed by atoms with E-state index in [1.807, 2.05) is 0 Å². The van der Waals surface area contributed by atoms with Gasteiger partial charge in [0, 0.05) is 18.2 Å². The quantitative estimate of drug-likeness (QED) is 0.663. The fourth-order valence-electron chi connectivity index (χ4n) is 1.34. The molecule has 1 amide bonds. The lowest BCUT2D eigenvalue weighted by Crippen LogP contribution is -2.33. The third-order valence-electron chi connectivity index (χ3n) is 3.09. The highest BCUT2D eigenvalue weighted by Gasteiger charge is 2.19. The Morgan fingerprint density at radius 3 is 2.63 bits per heavy atom. The van der Waals surface area contributed by atoms with Crippen molar-refractivity contribution in [3.8, 4) is 0 Å². The van der Waals surface area contributed by atoms with Gasteiger partial charge in [0.2, 0.25) is 0 Å². The lowest BCUT2D eigenvalue weighted by atomic mass is 9.90. The van der Waals surface area contributed by atoms with Gasteiger partial charge in [-0.15, -0.1) is 0 Å². The molecular formula is C13H17BrN2O3. The molecule has 0 spiro atoms. The molecule has 1 rings (SSSR count). The molecule has 1 N–H and O–H groups in total. The van der Waals surface area contributed by atoms with Gasteiger partial charge in [-0.25, -0.2) is 0 Å². The van der Waals surface area contributed by atoms with Crippen molar-refractivity contribution in [2.75, 3.05) is 6.54 Å². The van der Waals surface area contributed by atoms with Crippen LogP contribution >= 0.6 is 15.9 Å². The zero-order valence-electron chi connectivity index (χ0n) is 11.2. The number of rotatable bonds is 5. The lowest BCUT2D eigenvalue weighted by Gasteiger charge is -2.22. The third-order valence-corrected chi connectivity index (χ3v) is 3.76. The number of benzene rings is 1. The van der Waals surface area contributed by atoms with Crippen molar-refractivity contribution in [3.63, 3.8) is 0 Å². The molecular weight excluding hydrogens is 312 g/mol. The zero-order valence-corrected chi connectivity index (χ0v) is 12.8. The van der Waals surface area contributed by atoms with Crippen molar-refractivity contribution in [2.24, 2.45) is 5.41 Å². The predicted octanol–water partition coefficient (Wildman–Crippen LogP) is 3.52. The first kappa shape index (κ1) is 15.6. The second-order valence-corrected chi connectivity index (χ2v) is 5.98. The number of nitro benzene ring substituents is 1. The average Bonchev–Trinajstić information content (AvgIpc) is 2.36. The minimum Gasteiger partial charge on any atom is -0.351 e. The van der Waals surface area contributed by atoms with E-state index in [0.717, 1.165) is 6.42 Å². The van der Waals surface area contributed by atoms with Crippen LogP contribution in [0.25, 0.3) is 0 Å². The van der Waals surface area contributed by atoms with Gasteiger partial charge in [0.1, 0.15) is 0 Å². The first-order valence-electron chi connectivity index (χ1n) is 5.99. The normalized spacial score (nSPS) is 11.2. The number of carbonyl (C=O) groups excluding carboxylic acids is 1. The summed E-state index contributed by atoms with van der Waals surface area (Å²) in [6, 6.07) is 4.35. The Labute approximate surface area is 120 Å². The fraction of sp³-hybridized carbons (Fsp3) is 0.462. The lowest BCUT2D eigenvalue weighted by molar-refractivity contribution is -0.385. The number of nitrogens with one attached hydrogen (secondary N) is 1. The Bertz CT molecular complexity index is 501. The standard InChI is InChI=1S/C13H17BrN2O3/c1-4-13(2,3)8-15-12(17)9-5-6-10(14)11(7-9)16(18)19/h5-7H,4,8H2,1-3H3,(H,15,17). The molecule has 0 atom stereocenters. The highest BCUT2D eigenvalue weighted by Crippen LogP contribution is 2.25. The van der Waals surface area contributed by atoms with Crippen LogP contribution in [0.1, 0.15) is 37.6 Å². The molecule has 0 aliphatic heterocycles. The smallest absolute Gasteiger partial charge is 0.284 e. The van der Waals surface area contributed by atoms with Crippen LogP contribution in [-0.2, 0) is 0 Å². The summed E-state index contributed by atoms with van der Waals surface area (Å²) in [6.07, 6.45) is 0.938. The molecule has 1 aromatic rings. The average molecular weight is 329 g/mol. The zero-order chi connectivity index (χ0) is 14.6. The van der Waals surface area contributed by atoms with Crippen LogP contribution in [0.5, 0.6) is 0 Å². The van der Waals surface area contributed by atoms with Crippen molar-refractivity contribution >= 4 is 27.5 Å². The summed E-state index contributed by atoms with van der Waals surface area (Å²) < 4.78 is 0.364. The van der Waals surface area contributed by atoms with Crippen molar-refractivity contribution < 1.29 is 9.72 Å². The van der Waals surface area contributed by atoms with Gasteiger partial charge in [-0.2, -0.15) is 0 Å². The first-order valence-corrected chi connectivity index (χ1v) is 6.78. The van der Waals surface area contributed by atoms with Crippen LogP contribution in [0.4, 0.5) is 5.69 Å². The van der Waals surface area contributed by atoms with Gasteiger partial charge in [-0.3, -0.25) is 14.9 Å². The van der Waals surface area contributed by atoms with Crippen LogP contribution in [0.2, 0.25) is 0 Å². The molecule has 104 valence electrons. The Hall–Kier alpha value is -1.43. The van der Waals surface area contributed by atoms with Gasteiger partial charge in [0.15, 0.2) is 0 Å². The van der Waals surface area contributed by atoms with Crippen LogP contribution in [0.15, 0.2) is 22.7 Å². The number of amides is 1.